The summed E-state index contributed by atoms with van der Waals surface area (Å²) in [4.78, 5) is 0. The van der Waals surface area contributed by atoms with E-state index in [1.54, 1.807) is 0 Å². The normalized spacial score (nSPS) is 12.4. The number of benzene rings is 2. The number of aliphatic hydroxyl groups excluding tert-OH is 1. The van der Waals surface area contributed by atoms with Crippen LogP contribution in [-0.2, 0) is 6.42 Å². The molecule has 0 fully saturated rings. The van der Waals surface area contributed by atoms with E-state index in [1.165, 1.54) is 29.5 Å². The Balaban J connectivity index is 2.17. The zero-order valence-corrected chi connectivity index (χ0v) is 12.7. The summed E-state index contributed by atoms with van der Waals surface area (Å²) in [6.07, 6.45) is 3.02. The standard InChI is InChI=1S/C19H24O/c1-4-5-6-16-7-9-17(10-8-16)19(20)18-12-14(2)11-15(3)13-18/h7-13,19-20H,4-6H2,1-3H3. The molecule has 0 aromatic heterocycles. The van der Waals surface area contributed by atoms with Crippen molar-refractivity contribution in [1.29, 1.82) is 0 Å². The molecular formula is C19H24O. The van der Waals surface area contributed by atoms with Crippen molar-refractivity contribution in [2.75, 3.05) is 0 Å². The Kier molecular flexibility index (Phi) is 4.97. The molecule has 2 rings (SSSR count). The quantitative estimate of drug-likeness (QED) is 0.831. The highest BCUT2D eigenvalue weighted by molar-refractivity contribution is 5.36. The molecule has 0 aliphatic heterocycles. The lowest BCUT2D eigenvalue weighted by Crippen LogP contribution is -2.01. The summed E-state index contributed by atoms with van der Waals surface area (Å²) in [6, 6.07) is 14.6. The molecule has 0 amide bonds. The third-order valence-corrected chi connectivity index (χ3v) is 3.67. The topological polar surface area (TPSA) is 20.2 Å². The second kappa shape index (κ2) is 6.71. The Hall–Kier alpha value is -1.60. The third-order valence-electron chi connectivity index (χ3n) is 3.67. The molecule has 0 aliphatic carbocycles. The largest absolute Gasteiger partial charge is 0.384 e. The van der Waals surface area contributed by atoms with Gasteiger partial charge >= 0.3 is 0 Å². The molecule has 1 heteroatoms. The van der Waals surface area contributed by atoms with Gasteiger partial charge in [-0.2, -0.15) is 0 Å². The van der Waals surface area contributed by atoms with Crippen molar-refractivity contribution in [2.24, 2.45) is 0 Å². The molecule has 1 N–H and O–H groups in total. The van der Waals surface area contributed by atoms with Crippen molar-refractivity contribution >= 4 is 0 Å². The molecule has 1 nitrogen and oxygen atoms in total. The van der Waals surface area contributed by atoms with Gasteiger partial charge in [-0.25, -0.2) is 0 Å². The van der Waals surface area contributed by atoms with Crippen molar-refractivity contribution in [2.45, 2.75) is 46.1 Å². The van der Waals surface area contributed by atoms with Crippen LogP contribution >= 0.6 is 0 Å². The molecule has 0 aliphatic rings. The summed E-state index contributed by atoms with van der Waals surface area (Å²) in [5, 5.41) is 10.5. The number of rotatable bonds is 5. The van der Waals surface area contributed by atoms with E-state index in [0.29, 0.717) is 0 Å². The Labute approximate surface area is 122 Å². The van der Waals surface area contributed by atoms with E-state index in [4.69, 9.17) is 0 Å². The summed E-state index contributed by atoms with van der Waals surface area (Å²) in [7, 11) is 0. The van der Waals surface area contributed by atoms with Crippen LogP contribution in [0.4, 0.5) is 0 Å². The van der Waals surface area contributed by atoms with Crippen molar-refractivity contribution in [1.82, 2.24) is 0 Å². The third kappa shape index (κ3) is 3.71. The first-order valence-corrected chi connectivity index (χ1v) is 7.45. The van der Waals surface area contributed by atoms with Crippen LogP contribution in [0.3, 0.4) is 0 Å². The molecule has 2 aromatic rings. The average molecular weight is 268 g/mol. The molecule has 2 aromatic carbocycles. The lowest BCUT2D eigenvalue weighted by atomic mass is 9.96. The van der Waals surface area contributed by atoms with Crippen molar-refractivity contribution in [3.05, 3.63) is 70.3 Å². The number of aryl methyl sites for hydroxylation is 3. The molecule has 0 saturated carbocycles. The van der Waals surface area contributed by atoms with Crippen LogP contribution < -0.4 is 0 Å². The zero-order valence-electron chi connectivity index (χ0n) is 12.7. The molecule has 0 spiro atoms. The van der Waals surface area contributed by atoms with Crippen LogP contribution in [0, 0.1) is 13.8 Å². The van der Waals surface area contributed by atoms with Crippen LogP contribution in [-0.4, -0.2) is 5.11 Å². The summed E-state index contributed by atoms with van der Waals surface area (Å²) >= 11 is 0. The van der Waals surface area contributed by atoms with Gasteiger partial charge in [0.05, 0.1) is 0 Å². The van der Waals surface area contributed by atoms with E-state index in [2.05, 4.69) is 51.1 Å². The molecule has 0 radical (unpaired) electrons. The highest BCUT2D eigenvalue weighted by atomic mass is 16.3. The summed E-state index contributed by atoms with van der Waals surface area (Å²) < 4.78 is 0. The molecule has 1 unspecified atom stereocenters. The lowest BCUT2D eigenvalue weighted by molar-refractivity contribution is 0.220. The molecule has 1 atom stereocenters. The van der Waals surface area contributed by atoms with Gasteiger partial charge in [0.15, 0.2) is 0 Å². The van der Waals surface area contributed by atoms with Crippen molar-refractivity contribution in [3.8, 4) is 0 Å². The number of unbranched alkanes of at least 4 members (excludes halogenated alkanes) is 1. The summed E-state index contributed by atoms with van der Waals surface area (Å²) in [5.74, 6) is 0. The Morgan fingerprint density at radius 1 is 0.900 bits per heavy atom. The van der Waals surface area contributed by atoms with Crippen LogP contribution in [0.15, 0.2) is 42.5 Å². The molecule has 106 valence electrons. The minimum Gasteiger partial charge on any atom is -0.384 e. The van der Waals surface area contributed by atoms with Gasteiger partial charge < -0.3 is 5.11 Å². The van der Waals surface area contributed by atoms with Crippen LogP contribution in [0.25, 0.3) is 0 Å². The first-order valence-electron chi connectivity index (χ1n) is 7.45. The van der Waals surface area contributed by atoms with E-state index in [9.17, 15) is 5.11 Å². The fraction of sp³-hybridized carbons (Fsp3) is 0.368. The van der Waals surface area contributed by atoms with Gasteiger partial charge in [-0.15, -0.1) is 0 Å². The minimum atomic E-state index is -0.533. The first kappa shape index (κ1) is 14.8. The number of hydrogen-bond donors (Lipinski definition) is 1. The van der Waals surface area contributed by atoms with Crippen LogP contribution in [0.1, 0.15) is 53.7 Å². The monoisotopic (exact) mass is 268 g/mol. The van der Waals surface area contributed by atoms with Gasteiger partial charge in [0.25, 0.3) is 0 Å². The molecular weight excluding hydrogens is 244 g/mol. The second-order valence-electron chi connectivity index (χ2n) is 5.67. The SMILES string of the molecule is CCCCc1ccc(C(O)c2cc(C)cc(C)c2)cc1. The van der Waals surface area contributed by atoms with Crippen LogP contribution in [0.5, 0.6) is 0 Å². The smallest absolute Gasteiger partial charge is 0.104 e. The molecule has 0 heterocycles. The van der Waals surface area contributed by atoms with Gasteiger partial charge in [-0.1, -0.05) is 66.9 Å². The number of aliphatic hydroxyl groups is 1. The van der Waals surface area contributed by atoms with Gasteiger partial charge in [0, 0.05) is 0 Å². The predicted molar refractivity (Wildman–Crippen MR) is 85.0 cm³/mol. The van der Waals surface area contributed by atoms with E-state index in [-0.39, 0.29) is 0 Å². The second-order valence-corrected chi connectivity index (χ2v) is 5.67. The highest BCUT2D eigenvalue weighted by Gasteiger charge is 2.11. The maximum Gasteiger partial charge on any atom is 0.104 e. The highest BCUT2D eigenvalue weighted by Crippen LogP contribution is 2.24. The maximum absolute atomic E-state index is 10.5. The van der Waals surface area contributed by atoms with Crippen molar-refractivity contribution in [3.63, 3.8) is 0 Å². The van der Waals surface area contributed by atoms with Gasteiger partial charge in [-0.3, -0.25) is 0 Å². The van der Waals surface area contributed by atoms with Gasteiger partial charge in [-0.05, 0) is 43.4 Å². The van der Waals surface area contributed by atoms with E-state index >= 15 is 0 Å². The predicted octanol–water partition coefficient (Wildman–Crippen LogP) is 4.73. The summed E-state index contributed by atoms with van der Waals surface area (Å²) in [5.41, 5.74) is 5.68. The minimum absolute atomic E-state index is 0.533. The van der Waals surface area contributed by atoms with Gasteiger partial charge in [0.2, 0.25) is 0 Å². The fourth-order valence-electron chi connectivity index (χ4n) is 2.61. The Morgan fingerprint density at radius 2 is 1.50 bits per heavy atom. The zero-order chi connectivity index (χ0) is 14.5. The Bertz CT molecular complexity index is 534. The average Bonchev–Trinajstić information content (AvgIpc) is 2.44. The molecule has 20 heavy (non-hydrogen) atoms. The fourth-order valence-corrected chi connectivity index (χ4v) is 2.61. The molecule has 0 saturated heterocycles. The summed E-state index contributed by atoms with van der Waals surface area (Å²) in [6.45, 7) is 6.34. The van der Waals surface area contributed by atoms with E-state index in [1.807, 2.05) is 12.1 Å². The van der Waals surface area contributed by atoms with E-state index in [0.717, 1.165) is 17.5 Å². The Morgan fingerprint density at radius 3 is 2.05 bits per heavy atom. The van der Waals surface area contributed by atoms with Gasteiger partial charge in [0.1, 0.15) is 6.10 Å². The number of hydrogen-bond acceptors (Lipinski definition) is 1. The molecule has 0 bridgehead atoms. The van der Waals surface area contributed by atoms with Crippen LogP contribution in [0.2, 0.25) is 0 Å². The first-order chi connectivity index (χ1) is 9.60. The van der Waals surface area contributed by atoms with Crippen molar-refractivity contribution < 1.29 is 5.11 Å². The maximum atomic E-state index is 10.5. The lowest BCUT2D eigenvalue weighted by Gasteiger charge is -2.14. The van der Waals surface area contributed by atoms with E-state index < -0.39 is 6.10 Å².